The van der Waals surface area contributed by atoms with E-state index in [9.17, 15) is 4.79 Å². The van der Waals surface area contributed by atoms with E-state index in [-0.39, 0.29) is 5.91 Å². The molecule has 19 heavy (non-hydrogen) atoms. The number of carbonyl (C=O) groups excluding carboxylic acids is 1. The Morgan fingerprint density at radius 2 is 2.11 bits per heavy atom. The minimum absolute atomic E-state index is 0.236. The topological polar surface area (TPSA) is 55.1 Å². The molecular weight excluding hydrogens is 256 g/mol. The summed E-state index contributed by atoms with van der Waals surface area (Å²) in [7, 11) is 0. The molecule has 0 aliphatic heterocycles. The summed E-state index contributed by atoms with van der Waals surface area (Å²) in [5.74, 6) is 6.78. The average Bonchev–Trinajstić information content (AvgIpc) is 2.45. The van der Waals surface area contributed by atoms with E-state index in [4.69, 9.17) is 5.84 Å². The van der Waals surface area contributed by atoms with E-state index in [1.165, 1.54) is 31.2 Å². The number of amides is 1. The summed E-state index contributed by atoms with van der Waals surface area (Å²) in [6.07, 6.45) is 5.45. The number of nitrogen functional groups attached to an aromatic ring is 1. The van der Waals surface area contributed by atoms with Gasteiger partial charge >= 0.3 is 0 Å². The summed E-state index contributed by atoms with van der Waals surface area (Å²) in [5, 5.41) is 0.802. The zero-order chi connectivity index (χ0) is 13.7. The van der Waals surface area contributed by atoms with Gasteiger partial charge in [-0.1, -0.05) is 31.9 Å². The highest BCUT2D eigenvalue weighted by molar-refractivity contribution is 7.99. The lowest BCUT2D eigenvalue weighted by Gasteiger charge is -2.26. The second kappa shape index (κ2) is 6.96. The molecule has 0 spiro atoms. The molecule has 4 heteroatoms. The Kier molecular flexibility index (Phi) is 5.28. The Bertz CT molecular complexity index is 419. The Morgan fingerprint density at radius 1 is 1.37 bits per heavy atom. The van der Waals surface area contributed by atoms with Gasteiger partial charge in [-0.25, -0.2) is 5.84 Å². The van der Waals surface area contributed by atoms with Crippen molar-refractivity contribution in [3.05, 3.63) is 35.4 Å². The zero-order valence-corrected chi connectivity index (χ0v) is 12.2. The second-order valence-corrected chi connectivity index (χ2v) is 6.66. The van der Waals surface area contributed by atoms with Gasteiger partial charge in [-0.2, -0.15) is 11.8 Å². The molecule has 0 bridgehead atoms. The summed E-state index contributed by atoms with van der Waals surface area (Å²) in [5.41, 5.74) is 4.03. The van der Waals surface area contributed by atoms with Gasteiger partial charge in [0.05, 0.1) is 0 Å². The molecule has 2 unspecified atom stereocenters. The summed E-state index contributed by atoms with van der Waals surface area (Å²) in [6, 6.07) is 7.71. The van der Waals surface area contributed by atoms with Gasteiger partial charge in [-0.3, -0.25) is 10.2 Å². The number of carbonyl (C=O) groups is 1. The number of nitrogens with two attached hydrogens (primary N) is 1. The number of hydrazine groups is 1. The lowest BCUT2D eigenvalue weighted by Crippen LogP contribution is -2.29. The van der Waals surface area contributed by atoms with E-state index < -0.39 is 0 Å². The number of thioether (sulfide) groups is 1. The van der Waals surface area contributed by atoms with Gasteiger partial charge in [-0.15, -0.1) is 0 Å². The van der Waals surface area contributed by atoms with Gasteiger partial charge in [0, 0.05) is 16.6 Å². The fourth-order valence-electron chi connectivity index (χ4n) is 2.58. The Labute approximate surface area is 119 Å². The maximum absolute atomic E-state index is 11.3. The molecule has 1 aromatic carbocycles. The van der Waals surface area contributed by atoms with Crippen LogP contribution in [0.25, 0.3) is 0 Å². The fourth-order valence-corrected chi connectivity index (χ4v) is 4.00. The Balaban J connectivity index is 1.84. The minimum atomic E-state index is -0.236. The van der Waals surface area contributed by atoms with Crippen LogP contribution in [0.15, 0.2) is 24.3 Å². The number of benzene rings is 1. The Morgan fingerprint density at radius 3 is 2.74 bits per heavy atom. The number of rotatable bonds is 4. The summed E-state index contributed by atoms with van der Waals surface area (Å²) in [4.78, 5) is 11.3. The highest BCUT2D eigenvalue weighted by Crippen LogP contribution is 2.33. The first-order valence-electron chi connectivity index (χ1n) is 6.90. The molecule has 2 rings (SSSR count). The molecule has 0 radical (unpaired) electrons. The largest absolute Gasteiger partial charge is 0.290 e. The van der Waals surface area contributed by atoms with Crippen LogP contribution >= 0.6 is 11.8 Å². The maximum atomic E-state index is 11.3. The summed E-state index contributed by atoms with van der Waals surface area (Å²) >= 11 is 2.05. The molecule has 3 N–H and O–H groups in total. The van der Waals surface area contributed by atoms with Crippen LogP contribution in [0.2, 0.25) is 0 Å². The van der Waals surface area contributed by atoms with Crippen molar-refractivity contribution in [1.82, 2.24) is 5.43 Å². The van der Waals surface area contributed by atoms with Crippen LogP contribution in [0.4, 0.5) is 0 Å². The van der Waals surface area contributed by atoms with Gasteiger partial charge in [0.15, 0.2) is 0 Å². The molecular formula is C15H22N2OS. The first kappa shape index (κ1) is 14.4. The van der Waals surface area contributed by atoms with Gasteiger partial charge < -0.3 is 0 Å². The highest BCUT2D eigenvalue weighted by Gasteiger charge is 2.18. The van der Waals surface area contributed by atoms with Crippen LogP contribution in [0.3, 0.4) is 0 Å². The van der Waals surface area contributed by atoms with Crippen molar-refractivity contribution < 1.29 is 4.79 Å². The van der Waals surface area contributed by atoms with Crippen LogP contribution in [-0.2, 0) is 5.75 Å². The quantitative estimate of drug-likeness (QED) is 0.505. The predicted molar refractivity (Wildman–Crippen MR) is 80.8 cm³/mol. The van der Waals surface area contributed by atoms with E-state index >= 15 is 0 Å². The van der Waals surface area contributed by atoms with Crippen LogP contribution in [-0.4, -0.2) is 11.2 Å². The number of hydrogen-bond acceptors (Lipinski definition) is 3. The van der Waals surface area contributed by atoms with Crippen molar-refractivity contribution in [2.45, 2.75) is 43.6 Å². The van der Waals surface area contributed by atoms with Crippen molar-refractivity contribution in [2.75, 3.05) is 0 Å². The van der Waals surface area contributed by atoms with E-state index in [2.05, 4.69) is 12.3 Å². The molecule has 0 saturated heterocycles. The van der Waals surface area contributed by atoms with Crippen molar-refractivity contribution in [1.29, 1.82) is 0 Å². The average molecular weight is 278 g/mol. The highest BCUT2D eigenvalue weighted by atomic mass is 32.2. The van der Waals surface area contributed by atoms with E-state index in [0.29, 0.717) is 5.56 Å². The molecule has 3 nitrogen and oxygen atoms in total. The second-order valence-electron chi connectivity index (χ2n) is 5.38. The molecule has 104 valence electrons. The molecule has 1 aliphatic rings. The maximum Gasteiger partial charge on any atom is 0.265 e. The SMILES string of the molecule is CC1CCCC(SCc2ccc(C(=O)NN)cc2)C1. The lowest BCUT2D eigenvalue weighted by atomic mass is 9.91. The fraction of sp³-hybridized carbons (Fsp3) is 0.533. The van der Waals surface area contributed by atoms with Crippen LogP contribution in [0.1, 0.15) is 48.5 Å². The minimum Gasteiger partial charge on any atom is -0.290 e. The molecule has 1 saturated carbocycles. The lowest BCUT2D eigenvalue weighted by molar-refractivity contribution is 0.0953. The molecule has 1 aliphatic carbocycles. The molecule has 0 heterocycles. The van der Waals surface area contributed by atoms with Crippen LogP contribution < -0.4 is 11.3 Å². The van der Waals surface area contributed by atoms with E-state index in [0.717, 1.165) is 16.9 Å². The molecule has 1 amide bonds. The molecule has 0 aromatic heterocycles. The van der Waals surface area contributed by atoms with Crippen LogP contribution in [0, 0.1) is 5.92 Å². The van der Waals surface area contributed by atoms with E-state index in [1.807, 2.05) is 36.0 Å². The predicted octanol–water partition coefficient (Wildman–Crippen LogP) is 3.10. The van der Waals surface area contributed by atoms with Crippen LogP contribution in [0.5, 0.6) is 0 Å². The number of hydrogen-bond donors (Lipinski definition) is 2. The van der Waals surface area contributed by atoms with Gasteiger partial charge in [0.1, 0.15) is 0 Å². The smallest absolute Gasteiger partial charge is 0.265 e. The molecule has 1 fully saturated rings. The Hall–Kier alpha value is -1.00. The first-order chi connectivity index (χ1) is 9.19. The number of nitrogens with one attached hydrogen (secondary N) is 1. The first-order valence-corrected chi connectivity index (χ1v) is 7.95. The van der Waals surface area contributed by atoms with Crippen molar-refractivity contribution in [3.63, 3.8) is 0 Å². The van der Waals surface area contributed by atoms with Crippen molar-refractivity contribution in [3.8, 4) is 0 Å². The molecule has 1 aromatic rings. The third kappa shape index (κ3) is 4.25. The van der Waals surface area contributed by atoms with Crippen molar-refractivity contribution >= 4 is 17.7 Å². The van der Waals surface area contributed by atoms with Gasteiger partial charge in [0.25, 0.3) is 5.91 Å². The van der Waals surface area contributed by atoms with E-state index in [1.54, 1.807) is 0 Å². The van der Waals surface area contributed by atoms with Gasteiger partial charge in [-0.05, 0) is 36.5 Å². The standard InChI is InChI=1S/C15H22N2OS/c1-11-3-2-4-14(9-11)19-10-12-5-7-13(8-6-12)15(18)17-16/h5-8,11,14H,2-4,9-10,16H2,1H3,(H,17,18). The third-order valence-electron chi connectivity index (χ3n) is 3.72. The van der Waals surface area contributed by atoms with Crippen molar-refractivity contribution in [2.24, 2.45) is 11.8 Å². The third-order valence-corrected chi connectivity index (χ3v) is 5.12. The summed E-state index contributed by atoms with van der Waals surface area (Å²) < 4.78 is 0. The normalized spacial score (nSPS) is 23.1. The summed E-state index contributed by atoms with van der Waals surface area (Å²) in [6.45, 7) is 2.35. The van der Waals surface area contributed by atoms with Gasteiger partial charge in [0.2, 0.25) is 0 Å². The molecule has 2 atom stereocenters. The monoisotopic (exact) mass is 278 g/mol. The zero-order valence-electron chi connectivity index (χ0n) is 11.4.